The molecule has 0 saturated carbocycles. The highest BCUT2D eigenvalue weighted by molar-refractivity contribution is 6.31. The van der Waals surface area contributed by atoms with Gasteiger partial charge in [0.15, 0.2) is 5.96 Å². The first-order chi connectivity index (χ1) is 10.0. The second-order valence-electron chi connectivity index (χ2n) is 5.32. The van der Waals surface area contributed by atoms with E-state index in [4.69, 9.17) is 22.1 Å². The maximum atomic E-state index is 6.15. The van der Waals surface area contributed by atoms with Gasteiger partial charge in [-0.15, -0.1) is 0 Å². The molecule has 0 atom stereocenters. The van der Waals surface area contributed by atoms with Crippen molar-refractivity contribution >= 4 is 17.6 Å². The number of rotatable bonds is 8. The molecule has 118 valence electrons. The Morgan fingerprint density at radius 3 is 2.90 bits per heavy atom. The Hall–Kier alpha value is -1.49. The van der Waals surface area contributed by atoms with Crippen molar-refractivity contribution < 1.29 is 4.74 Å². The highest BCUT2D eigenvalue weighted by Gasteiger charge is 2.06. The summed E-state index contributed by atoms with van der Waals surface area (Å²) in [4.78, 5) is 8.47. The molecule has 6 heteroatoms. The highest BCUT2D eigenvalue weighted by Crippen LogP contribution is 2.23. The predicted octanol–water partition coefficient (Wildman–Crippen LogP) is 2.97. The normalized spacial score (nSPS) is 11.8. The summed E-state index contributed by atoms with van der Waals surface area (Å²) in [6, 6.07) is 1.81. The van der Waals surface area contributed by atoms with Crippen LogP contribution in [0.2, 0.25) is 5.02 Å². The molecule has 3 N–H and O–H groups in total. The Morgan fingerprint density at radius 1 is 1.52 bits per heavy atom. The van der Waals surface area contributed by atoms with E-state index in [9.17, 15) is 0 Å². The van der Waals surface area contributed by atoms with Gasteiger partial charge in [0.25, 0.3) is 0 Å². The number of aliphatic imine (C=N–C) groups is 1. The molecule has 0 unspecified atom stereocenters. The molecule has 0 fully saturated rings. The van der Waals surface area contributed by atoms with Gasteiger partial charge in [0.05, 0.1) is 13.2 Å². The molecule has 0 saturated heterocycles. The minimum Gasteiger partial charge on any atom is -0.476 e. The van der Waals surface area contributed by atoms with Crippen molar-refractivity contribution in [3.63, 3.8) is 0 Å². The van der Waals surface area contributed by atoms with Gasteiger partial charge in [-0.05, 0) is 24.0 Å². The monoisotopic (exact) mass is 312 g/mol. The third-order valence-corrected chi connectivity index (χ3v) is 2.96. The van der Waals surface area contributed by atoms with E-state index in [0.29, 0.717) is 35.9 Å². The summed E-state index contributed by atoms with van der Waals surface area (Å²) in [6.07, 6.45) is 3.91. The van der Waals surface area contributed by atoms with Gasteiger partial charge in [-0.3, -0.25) is 0 Å². The van der Waals surface area contributed by atoms with E-state index >= 15 is 0 Å². The number of nitrogens with zero attached hydrogens (tertiary/aromatic N) is 2. The number of nitrogens with two attached hydrogens (primary N) is 1. The molecule has 21 heavy (non-hydrogen) atoms. The Morgan fingerprint density at radius 2 is 2.29 bits per heavy atom. The summed E-state index contributed by atoms with van der Waals surface area (Å²) >= 11 is 6.15. The lowest BCUT2D eigenvalue weighted by molar-refractivity contribution is 0.261. The Balaban J connectivity index is 2.53. The predicted molar refractivity (Wildman–Crippen MR) is 87.8 cm³/mol. The van der Waals surface area contributed by atoms with Gasteiger partial charge in [0.1, 0.15) is 5.02 Å². The molecule has 5 nitrogen and oxygen atoms in total. The second-order valence-corrected chi connectivity index (χ2v) is 5.72. The van der Waals surface area contributed by atoms with Crippen molar-refractivity contribution in [1.29, 1.82) is 0 Å². The van der Waals surface area contributed by atoms with E-state index in [-0.39, 0.29) is 0 Å². The van der Waals surface area contributed by atoms with Crippen molar-refractivity contribution in [2.45, 2.75) is 40.2 Å². The standard InChI is InChI=1S/C15H25ClN4O/c1-4-5-6-18-15(17)20-9-12-7-13(16)14(19-8-12)21-10-11(2)3/h7-8,11H,4-6,9-10H2,1-3H3,(H3,17,18,20). The third-order valence-electron chi connectivity index (χ3n) is 2.69. The number of nitrogens with one attached hydrogen (secondary N) is 1. The van der Waals surface area contributed by atoms with E-state index < -0.39 is 0 Å². The number of aromatic nitrogens is 1. The summed E-state index contributed by atoms with van der Waals surface area (Å²) in [6.45, 7) is 8.16. The maximum absolute atomic E-state index is 6.15. The number of ether oxygens (including phenoxy) is 1. The Kier molecular flexibility index (Phi) is 7.90. The molecule has 0 aromatic carbocycles. The van der Waals surface area contributed by atoms with Crippen LogP contribution in [0.1, 0.15) is 39.2 Å². The van der Waals surface area contributed by atoms with Crippen LogP contribution in [-0.4, -0.2) is 24.1 Å². The van der Waals surface area contributed by atoms with Crippen molar-refractivity contribution in [2.75, 3.05) is 13.2 Å². The summed E-state index contributed by atoms with van der Waals surface area (Å²) in [5.41, 5.74) is 6.67. The topological polar surface area (TPSA) is 72.5 Å². The molecule has 0 bridgehead atoms. The number of unbranched alkanes of at least 4 members (excludes halogenated alkanes) is 1. The quantitative estimate of drug-likeness (QED) is 0.440. The molecular weight excluding hydrogens is 288 g/mol. The van der Waals surface area contributed by atoms with Crippen LogP contribution in [0.4, 0.5) is 0 Å². The smallest absolute Gasteiger partial charge is 0.232 e. The van der Waals surface area contributed by atoms with Gasteiger partial charge in [0, 0.05) is 12.7 Å². The fraction of sp³-hybridized carbons (Fsp3) is 0.600. The lowest BCUT2D eigenvalue weighted by atomic mass is 10.2. The first-order valence-electron chi connectivity index (χ1n) is 7.34. The van der Waals surface area contributed by atoms with Crippen LogP contribution in [0.5, 0.6) is 5.88 Å². The van der Waals surface area contributed by atoms with Crippen LogP contribution >= 0.6 is 11.6 Å². The van der Waals surface area contributed by atoms with E-state index in [2.05, 4.69) is 36.1 Å². The Bertz CT molecular complexity index is 463. The summed E-state index contributed by atoms with van der Waals surface area (Å²) in [7, 11) is 0. The minimum atomic E-state index is 0.432. The Labute approximate surface area is 132 Å². The molecule has 1 rings (SSSR count). The average Bonchev–Trinajstić information content (AvgIpc) is 2.44. The van der Waals surface area contributed by atoms with Gasteiger partial charge >= 0.3 is 0 Å². The fourth-order valence-electron chi connectivity index (χ4n) is 1.53. The van der Waals surface area contributed by atoms with Gasteiger partial charge < -0.3 is 15.8 Å². The number of halogens is 1. The molecule has 1 aromatic rings. The molecule has 0 amide bonds. The zero-order valence-corrected chi connectivity index (χ0v) is 13.8. The third kappa shape index (κ3) is 7.18. The number of guanidine groups is 1. The molecule has 0 aliphatic heterocycles. The van der Waals surface area contributed by atoms with Crippen LogP contribution in [0.15, 0.2) is 17.3 Å². The lowest BCUT2D eigenvalue weighted by Gasteiger charge is -2.10. The molecule has 1 heterocycles. The highest BCUT2D eigenvalue weighted by atomic mass is 35.5. The van der Waals surface area contributed by atoms with E-state index in [1.54, 1.807) is 6.20 Å². The van der Waals surface area contributed by atoms with Crippen LogP contribution in [0.3, 0.4) is 0 Å². The van der Waals surface area contributed by atoms with E-state index in [0.717, 1.165) is 24.9 Å². The molecule has 0 aliphatic rings. The zero-order valence-electron chi connectivity index (χ0n) is 13.0. The van der Waals surface area contributed by atoms with Crippen molar-refractivity contribution in [3.05, 3.63) is 22.8 Å². The largest absolute Gasteiger partial charge is 0.476 e. The fourth-order valence-corrected chi connectivity index (χ4v) is 1.77. The lowest BCUT2D eigenvalue weighted by Crippen LogP contribution is -2.32. The molecule has 0 spiro atoms. The molecule has 0 radical (unpaired) electrons. The van der Waals surface area contributed by atoms with E-state index in [1.807, 2.05) is 6.07 Å². The van der Waals surface area contributed by atoms with Crippen LogP contribution in [0, 0.1) is 5.92 Å². The molecule has 1 aromatic heterocycles. The van der Waals surface area contributed by atoms with E-state index in [1.165, 1.54) is 0 Å². The summed E-state index contributed by atoms with van der Waals surface area (Å²) in [5, 5.41) is 3.56. The van der Waals surface area contributed by atoms with Crippen molar-refractivity contribution in [3.8, 4) is 5.88 Å². The van der Waals surface area contributed by atoms with Gasteiger partial charge in [-0.2, -0.15) is 0 Å². The van der Waals surface area contributed by atoms with Crippen molar-refractivity contribution in [2.24, 2.45) is 16.6 Å². The first-order valence-corrected chi connectivity index (χ1v) is 7.71. The van der Waals surface area contributed by atoms with Gasteiger partial charge in [-0.1, -0.05) is 38.8 Å². The first kappa shape index (κ1) is 17.6. The summed E-state index contributed by atoms with van der Waals surface area (Å²) in [5.74, 6) is 1.34. The number of hydrogen-bond donors (Lipinski definition) is 2. The van der Waals surface area contributed by atoms with Crippen LogP contribution in [0.25, 0.3) is 0 Å². The number of pyridine rings is 1. The maximum Gasteiger partial charge on any atom is 0.232 e. The van der Waals surface area contributed by atoms with Crippen LogP contribution < -0.4 is 15.8 Å². The average molecular weight is 313 g/mol. The van der Waals surface area contributed by atoms with Crippen LogP contribution in [-0.2, 0) is 6.54 Å². The zero-order chi connectivity index (χ0) is 15.7. The molecular formula is C15H25ClN4O. The van der Waals surface area contributed by atoms with Gasteiger partial charge in [-0.25, -0.2) is 9.98 Å². The molecule has 0 aliphatic carbocycles. The van der Waals surface area contributed by atoms with Gasteiger partial charge in [0.2, 0.25) is 5.88 Å². The second kappa shape index (κ2) is 9.45. The minimum absolute atomic E-state index is 0.432. The summed E-state index contributed by atoms with van der Waals surface area (Å²) < 4.78 is 5.53. The number of hydrogen-bond acceptors (Lipinski definition) is 3. The SMILES string of the molecule is CCCCNC(N)=NCc1cnc(OCC(C)C)c(Cl)c1. The van der Waals surface area contributed by atoms with Crippen molar-refractivity contribution in [1.82, 2.24) is 10.3 Å².